The third kappa shape index (κ3) is 20.7. The van der Waals surface area contributed by atoms with Crippen molar-refractivity contribution in [1.82, 2.24) is 0 Å². The van der Waals surface area contributed by atoms with Crippen LogP contribution in [0.5, 0.6) is 0 Å². The first kappa shape index (κ1) is 47.3. The van der Waals surface area contributed by atoms with Crippen LogP contribution in [-0.4, -0.2) is 8.80 Å². The van der Waals surface area contributed by atoms with Crippen LogP contribution in [0.1, 0.15) is 230 Å². The van der Waals surface area contributed by atoms with Gasteiger partial charge in [-0.25, -0.2) is 0 Å². The molecule has 0 amide bonds. The van der Waals surface area contributed by atoms with Crippen LogP contribution in [0.25, 0.3) is 0 Å². The molecule has 0 aliphatic heterocycles. The zero-order chi connectivity index (χ0) is 38.9. The van der Waals surface area contributed by atoms with Crippen molar-refractivity contribution in [2.45, 2.75) is 233 Å². The Hall–Kier alpha value is -2.12. The van der Waals surface area contributed by atoms with Crippen LogP contribution in [0.3, 0.4) is 0 Å². The van der Waals surface area contributed by atoms with Crippen LogP contribution >= 0.6 is 0 Å². The minimum absolute atomic E-state index is 1.15. The number of rotatable bonds is 36. The van der Waals surface area contributed by atoms with Crippen LogP contribution in [0.2, 0.25) is 0 Å². The lowest BCUT2D eigenvalue weighted by atomic mass is 10.0. The van der Waals surface area contributed by atoms with Crippen molar-refractivity contribution in [1.29, 1.82) is 0 Å². The molecule has 0 atom stereocenters. The van der Waals surface area contributed by atoms with E-state index in [1.54, 1.807) is 32.3 Å². The molecule has 0 saturated heterocycles. The van der Waals surface area contributed by atoms with Gasteiger partial charge in [0, 0.05) is 0 Å². The van der Waals surface area contributed by atoms with Crippen LogP contribution in [0, 0.1) is 0 Å². The predicted molar refractivity (Wildman–Crippen MR) is 251 cm³/mol. The molecule has 0 aliphatic carbocycles. The molecule has 1 heteroatoms. The standard InChI is InChI=1S/C54H87Si/c1-4-7-10-13-16-19-22-25-28-31-40-49-43-34-37-46-52(49)55(53-47-38-35-44-50(53)41-32-29-26-23-20-17-14-11-8-5-2)54-48-39-36-45-51(54)42-33-30-27-24-21-18-15-12-9-6-3/h34-39,43-48H,4-33,40-42H2,1-3H3. The van der Waals surface area contributed by atoms with Crippen molar-refractivity contribution < 1.29 is 0 Å². The molecule has 0 spiro atoms. The maximum absolute atomic E-state index is 2.54. The smallest absolute Gasteiger partial charge is 0.0654 e. The quantitative estimate of drug-likeness (QED) is 0.0314. The molecule has 0 fully saturated rings. The largest absolute Gasteiger partial charge is 0.155 e. The van der Waals surface area contributed by atoms with Crippen molar-refractivity contribution in [3.05, 3.63) is 89.5 Å². The third-order valence-electron chi connectivity index (χ3n) is 12.3. The van der Waals surface area contributed by atoms with Gasteiger partial charge in [0.1, 0.15) is 0 Å². The van der Waals surface area contributed by atoms with E-state index in [0.717, 1.165) is 0 Å². The van der Waals surface area contributed by atoms with Crippen LogP contribution in [0.15, 0.2) is 72.8 Å². The molecule has 0 nitrogen and oxygen atoms in total. The predicted octanol–water partition coefficient (Wildman–Crippen LogP) is 15.6. The Balaban J connectivity index is 1.71. The van der Waals surface area contributed by atoms with E-state index in [9.17, 15) is 0 Å². The minimum atomic E-state index is -1.15. The second kappa shape index (κ2) is 32.9. The molecule has 1 radical (unpaired) electrons. The lowest BCUT2D eigenvalue weighted by Gasteiger charge is -2.25. The molecule has 0 bridgehead atoms. The number of hydrogen-bond acceptors (Lipinski definition) is 0. The van der Waals surface area contributed by atoms with E-state index in [0.29, 0.717) is 0 Å². The van der Waals surface area contributed by atoms with Gasteiger partial charge < -0.3 is 0 Å². The molecular weight excluding hydrogens is 677 g/mol. The van der Waals surface area contributed by atoms with Crippen LogP contribution in [0.4, 0.5) is 0 Å². The molecule has 3 aromatic carbocycles. The highest BCUT2D eigenvalue weighted by molar-refractivity contribution is 6.96. The molecule has 0 saturated carbocycles. The summed E-state index contributed by atoms with van der Waals surface area (Å²) in [5.41, 5.74) is 4.87. The van der Waals surface area contributed by atoms with Crippen LogP contribution in [-0.2, 0) is 19.3 Å². The molecule has 3 aromatic rings. The van der Waals surface area contributed by atoms with E-state index in [2.05, 4.69) is 93.6 Å². The number of hydrogen-bond donors (Lipinski definition) is 0. The van der Waals surface area contributed by atoms with Gasteiger partial charge in [-0.2, -0.15) is 0 Å². The molecule has 0 N–H and O–H groups in total. The monoisotopic (exact) mass is 764 g/mol. The molecule has 0 unspecified atom stereocenters. The summed E-state index contributed by atoms with van der Waals surface area (Å²) >= 11 is 0. The lowest BCUT2D eigenvalue weighted by Crippen LogP contribution is -2.55. The second-order valence-corrected chi connectivity index (χ2v) is 19.5. The molecule has 3 rings (SSSR count). The molecule has 0 heterocycles. The van der Waals surface area contributed by atoms with Gasteiger partial charge in [-0.3, -0.25) is 0 Å². The van der Waals surface area contributed by atoms with E-state index in [4.69, 9.17) is 0 Å². The van der Waals surface area contributed by atoms with Crippen molar-refractivity contribution in [3.8, 4) is 0 Å². The SMILES string of the molecule is CCCCCCCCCCCCc1ccccc1[Si](c1ccccc1CCCCCCCCCCCC)c1ccccc1CCCCCCCCCCCC. The Morgan fingerprint density at radius 1 is 0.255 bits per heavy atom. The number of aryl methyl sites for hydroxylation is 3. The van der Waals surface area contributed by atoms with Crippen molar-refractivity contribution in [2.24, 2.45) is 0 Å². The summed E-state index contributed by atoms with van der Waals surface area (Å²) < 4.78 is 0. The Bertz CT molecular complexity index is 1150. The fourth-order valence-corrected chi connectivity index (χ4v) is 12.0. The average Bonchev–Trinajstić information content (AvgIpc) is 3.21. The highest BCUT2D eigenvalue weighted by atomic mass is 28.3. The van der Waals surface area contributed by atoms with E-state index in [1.807, 2.05) is 0 Å². The zero-order valence-corrected chi connectivity index (χ0v) is 37.8. The maximum Gasteiger partial charge on any atom is 0.155 e. The Kier molecular flexibility index (Phi) is 28.3. The first-order chi connectivity index (χ1) is 27.3. The van der Waals surface area contributed by atoms with Crippen molar-refractivity contribution in [2.75, 3.05) is 0 Å². The van der Waals surface area contributed by atoms with Gasteiger partial charge in [0.2, 0.25) is 0 Å². The first-order valence-corrected chi connectivity index (χ1v) is 25.9. The molecular formula is C54H87Si. The third-order valence-corrected chi connectivity index (χ3v) is 15.3. The Morgan fingerprint density at radius 2 is 0.455 bits per heavy atom. The van der Waals surface area contributed by atoms with Crippen LogP contribution < -0.4 is 15.6 Å². The number of unbranched alkanes of at least 4 members (excludes halogenated alkanes) is 27. The molecule has 307 valence electrons. The van der Waals surface area contributed by atoms with Gasteiger partial charge in [0.15, 0.2) is 8.80 Å². The van der Waals surface area contributed by atoms with Gasteiger partial charge in [0.25, 0.3) is 0 Å². The van der Waals surface area contributed by atoms with Gasteiger partial charge in [0.05, 0.1) is 0 Å². The topological polar surface area (TPSA) is 0 Å². The van der Waals surface area contributed by atoms with E-state index in [1.165, 1.54) is 212 Å². The van der Waals surface area contributed by atoms with E-state index < -0.39 is 8.80 Å². The van der Waals surface area contributed by atoms with Gasteiger partial charge in [-0.05, 0) is 70.8 Å². The average molecular weight is 764 g/mol. The lowest BCUT2D eigenvalue weighted by molar-refractivity contribution is 0.556. The van der Waals surface area contributed by atoms with E-state index >= 15 is 0 Å². The Morgan fingerprint density at radius 3 is 0.691 bits per heavy atom. The van der Waals surface area contributed by atoms with Crippen molar-refractivity contribution >= 4 is 24.4 Å². The first-order valence-electron chi connectivity index (χ1n) is 24.4. The van der Waals surface area contributed by atoms with Gasteiger partial charge >= 0.3 is 0 Å². The number of benzene rings is 3. The second-order valence-electron chi connectivity index (χ2n) is 17.1. The molecule has 0 aliphatic rings. The highest BCUT2D eigenvalue weighted by Gasteiger charge is 2.26. The molecule has 55 heavy (non-hydrogen) atoms. The minimum Gasteiger partial charge on any atom is -0.0654 e. The summed E-state index contributed by atoms with van der Waals surface area (Å²) in [5, 5.41) is 4.98. The summed E-state index contributed by atoms with van der Waals surface area (Å²) in [6.45, 7) is 6.95. The van der Waals surface area contributed by atoms with Gasteiger partial charge in [-0.1, -0.05) is 267 Å². The molecule has 0 aromatic heterocycles. The van der Waals surface area contributed by atoms with E-state index in [-0.39, 0.29) is 0 Å². The fraction of sp³-hybridized carbons (Fsp3) is 0.667. The Labute approximate surface area is 345 Å². The normalized spacial score (nSPS) is 11.6. The summed E-state index contributed by atoms with van der Waals surface area (Å²) in [7, 11) is -1.15. The summed E-state index contributed by atoms with van der Waals surface area (Å²) in [4.78, 5) is 0. The van der Waals surface area contributed by atoms with Gasteiger partial charge in [-0.15, -0.1) is 0 Å². The zero-order valence-electron chi connectivity index (χ0n) is 36.8. The fourth-order valence-electron chi connectivity index (χ4n) is 8.79. The highest BCUT2D eigenvalue weighted by Crippen LogP contribution is 2.17. The van der Waals surface area contributed by atoms with Crippen molar-refractivity contribution in [3.63, 3.8) is 0 Å². The summed E-state index contributed by atoms with van der Waals surface area (Å²) in [5.74, 6) is 0. The summed E-state index contributed by atoms with van der Waals surface area (Å²) in [6, 6.07) is 29.1. The summed E-state index contributed by atoms with van der Waals surface area (Å²) in [6.07, 6.45) is 45.7. The maximum atomic E-state index is 2.54.